The Kier molecular flexibility index (Phi) is 4.77. The lowest BCUT2D eigenvalue weighted by Gasteiger charge is -2.15. The molecule has 0 saturated carbocycles. The zero-order valence-corrected chi connectivity index (χ0v) is 11.9. The second kappa shape index (κ2) is 6.55. The molecule has 0 saturated heterocycles. The number of ether oxygens (including phenoxy) is 1. The fourth-order valence-electron chi connectivity index (χ4n) is 2.36. The van der Waals surface area contributed by atoms with E-state index in [4.69, 9.17) is 9.84 Å². The highest BCUT2D eigenvalue weighted by Crippen LogP contribution is 2.33. The molecule has 0 heterocycles. The molecule has 2 rings (SSSR count). The fourth-order valence-corrected chi connectivity index (χ4v) is 2.36. The molecular formula is C17H20O3. The van der Waals surface area contributed by atoms with E-state index in [-0.39, 0.29) is 13.2 Å². The number of hydrogen-bond acceptors (Lipinski definition) is 3. The summed E-state index contributed by atoms with van der Waals surface area (Å²) < 4.78 is 5.55. The maximum atomic E-state index is 9.38. The van der Waals surface area contributed by atoms with Crippen LogP contribution in [0.3, 0.4) is 0 Å². The first-order valence-corrected chi connectivity index (χ1v) is 6.72. The van der Waals surface area contributed by atoms with E-state index < -0.39 is 0 Å². The number of aliphatic hydroxyl groups is 2. The number of benzene rings is 2. The van der Waals surface area contributed by atoms with E-state index in [9.17, 15) is 5.11 Å². The molecule has 3 heteroatoms. The summed E-state index contributed by atoms with van der Waals surface area (Å²) in [6, 6.07) is 11.8. The summed E-state index contributed by atoms with van der Waals surface area (Å²) in [5.41, 5.74) is 5.25. The SMILES string of the molecule is Cc1c(CO)cccc1-c1cccc(OCCO)c1C. The first kappa shape index (κ1) is 14.6. The highest BCUT2D eigenvalue weighted by molar-refractivity contribution is 5.73. The van der Waals surface area contributed by atoms with Crippen LogP contribution in [0.1, 0.15) is 16.7 Å². The Bertz CT molecular complexity index is 591. The Morgan fingerprint density at radius 3 is 2.20 bits per heavy atom. The van der Waals surface area contributed by atoms with Crippen molar-refractivity contribution in [1.29, 1.82) is 0 Å². The molecule has 0 fully saturated rings. The molecule has 0 aliphatic carbocycles. The zero-order chi connectivity index (χ0) is 14.5. The Morgan fingerprint density at radius 2 is 1.55 bits per heavy atom. The van der Waals surface area contributed by atoms with Crippen LogP contribution in [0.25, 0.3) is 11.1 Å². The lowest BCUT2D eigenvalue weighted by atomic mass is 9.93. The first-order chi connectivity index (χ1) is 9.69. The quantitative estimate of drug-likeness (QED) is 0.880. The summed E-state index contributed by atoms with van der Waals surface area (Å²) in [6.07, 6.45) is 0. The third-order valence-corrected chi connectivity index (χ3v) is 3.54. The average Bonchev–Trinajstić information content (AvgIpc) is 2.47. The monoisotopic (exact) mass is 272 g/mol. The molecule has 0 spiro atoms. The van der Waals surface area contributed by atoms with Gasteiger partial charge in [-0.05, 0) is 47.7 Å². The molecule has 20 heavy (non-hydrogen) atoms. The van der Waals surface area contributed by atoms with Gasteiger partial charge in [0.2, 0.25) is 0 Å². The lowest BCUT2D eigenvalue weighted by molar-refractivity contribution is 0.200. The molecule has 0 unspecified atom stereocenters. The van der Waals surface area contributed by atoms with E-state index >= 15 is 0 Å². The summed E-state index contributed by atoms with van der Waals surface area (Å²) in [5, 5.41) is 18.2. The van der Waals surface area contributed by atoms with Crippen molar-refractivity contribution in [3.63, 3.8) is 0 Å². The van der Waals surface area contributed by atoms with Gasteiger partial charge in [-0.2, -0.15) is 0 Å². The molecule has 0 aliphatic heterocycles. The predicted molar refractivity (Wildman–Crippen MR) is 79.9 cm³/mol. The van der Waals surface area contributed by atoms with Gasteiger partial charge in [-0.25, -0.2) is 0 Å². The highest BCUT2D eigenvalue weighted by atomic mass is 16.5. The van der Waals surface area contributed by atoms with Crippen molar-refractivity contribution in [1.82, 2.24) is 0 Å². The Labute approximate surface area is 119 Å². The van der Waals surface area contributed by atoms with Crippen LogP contribution < -0.4 is 4.74 Å². The number of aliphatic hydroxyl groups excluding tert-OH is 2. The molecule has 0 bridgehead atoms. The van der Waals surface area contributed by atoms with Crippen molar-refractivity contribution < 1.29 is 14.9 Å². The third-order valence-electron chi connectivity index (χ3n) is 3.54. The van der Waals surface area contributed by atoms with E-state index in [1.54, 1.807) is 0 Å². The molecule has 3 nitrogen and oxygen atoms in total. The highest BCUT2D eigenvalue weighted by Gasteiger charge is 2.11. The van der Waals surface area contributed by atoms with Crippen LogP contribution in [0.5, 0.6) is 5.75 Å². The third kappa shape index (κ3) is 2.84. The van der Waals surface area contributed by atoms with Gasteiger partial charge >= 0.3 is 0 Å². The minimum atomic E-state index is 0.00267. The molecule has 0 atom stereocenters. The van der Waals surface area contributed by atoms with Crippen LogP contribution in [-0.4, -0.2) is 23.4 Å². The Hall–Kier alpha value is -1.84. The van der Waals surface area contributed by atoms with Gasteiger partial charge in [0.15, 0.2) is 0 Å². The van der Waals surface area contributed by atoms with Gasteiger partial charge in [0.25, 0.3) is 0 Å². The van der Waals surface area contributed by atoms with E-state index in [0.29, 0.717) is 6.61 Å². The smallest absolute Gasteiger partial charge is 0.122 e. The summed E-state index contributed by atoms with van der Waals surface area (Å²) in [5.74, 6) is 0.783. The van der Waals surface area contributed by atoms with Gasteiger partial charge < -0.3 is 14.9 Å². The molecule has 0 amide bonds. The van der Waals surface area contributed by atoms with Crippen LogP contribution in [-0.2, 0) is 6.61 Å². The van der Waals surface area contributed by atoms with Crippen molar-refractivity contribution in [3.05, 3.63) is 53.1 Å². The number of rotatable bonds is 5. The minimum absolute atomic E-state index is 0.00267. The largest absolute Gasteiger partial charge is 0.491 e. The van der Waals surface area contributed by atoms with Gasteiger partial charge in [0, 0.05) is 0 Å². The van der Waals surface area contributed by atoms with Crippen LogP contribution >= 0.6 is 0 Å². The lowest BCUT2D eigenvalue weighted by Crippen LogP contribution is -2.03. The van der Waals surface area contributed by atoms with E-state index in [2.05, 4.69) is 0 Å². The minimum Gasteiger partial charge on any atom is -0.491 e. The van der Waals surface area contributed by atoms with Gasteiger partial charge in [-0.15, -0.1) is 0 Å². The van der Waals surface area contributed by atoms with Crippen LogP contribution in [0.15, 0.2) is 36.4 Å². The first-order valence-electron chi connectivity index (χ1n) is 6.72. The molecule has 106 valence electrons. The molecular weight excluding hydrogens is 252 g/mol. The summed E-state index contributed by atoms with van der Waals surface area (Å²) in [4.78, 5) is 0. The average molecular weight is 272 g/mol. The Balaban J connectivity index is 2.48. The molecule has 0 radical (unpaired) electrons. The molecule has 2 aromatic rings. The van der Waals surface area contributed by atoms with E-state index in [1.165, 1.54) is 0 Å². The van der Waals surface area contributed by atoms with Gasteiger partial charge in [0.05, 0.1) is 13.2 Å². The molecule has 0 aliphatic rings. The standard InChI is InChI=1S/C17H20O3/c1-12-14(11-19)5-3-6-15(12)16-7-4-8-17(13(16)2)20-10-9-18/h3-8,18-19H,9-11H2,1-2H3. The van der Waals surface area contributed by atoms with Crippen molar-refractivity contribution in [2.75, 3.05) is 13.2 Å². The van der Waals surface area contributed by atoms with Crippen LogP contribution in [0.4, 0.5) is 0 Å². The van der Waals surface area contributed by atoms with Gasteiger partial charge in [0.1, 0.15) is 12.4 Å². The van der Waals surface area contributed by atoms with Gasteiger partial charge in [-0.1, -0.05) is 30.3 Å². The van der Waals surface area contributed by atoms with Crippen molar-refractivity contribution in [2.45, 2.75) is 20.5 Å². The van der Waals surface area contributed by atoms with Crippen molar-refractivity contribution in [3.8, 4) is 16.9 Å². The topological polar surface area (TPSA) is 49.7 Å². The molecule has 0 aromatic heterocycles. The second-order valence-electron chi connectivity index (χ2n) is 4.75. The normalized spacial score (nSPS) is 10.6. The van der Waals surface area contributed by atoms with E-state index in [0.717, 1.165) is 33.6 Å². The predicted octanol–water partition coefficient (Wildman–Crippen LogP) is 2.83. The fraction of sp³-hybridized carbons (Fsp3) is 0.294. The maximum Gasteiger partial charge on any atom is 0.122 e. The van der Waals surface area contributed by atoms with Crippen molar-refractivity contribution >= 4 is 0 Å². The maximum absolute atomic E-state index is 9.38. The van der Waals surface area contributed by atoms with Gasteiger partial charge in [-0.3, -0.25) is 0 Å². The summed E-state index contributed by atoms with van der Waals surface area (Å²) in [6.45, 7) is 4.36. The van der Waals surface area contributed by atoms with E-state index in [1.807, 2.05) is 50.2 Å². The summed E-state index contributed by atoms with van der Waals surface area (Å²) >= 11 is 0. The van der Waals surface area contributed by atoms with Crippen LogP contribution in [0, 0.1) is 13.8 Å². The second-order valence-corrected chi connectivity index (χ2v) is 4.75. The van der Waals surface area contributed by atoms with Crippen LogP contribution in [0.2, 0.25) is 0 Å². The molecule has 2 N–H and O–H groups in total. The number of hydrogen-bond donors (Lipinski definition) is 2. The summed E-state index contributed by atoms with van der Waals surface area (Å²) in [7, 11) is 0. The Morgan fingerprint density at radius 1 is 0.900 bits per heavy atom. The van der Waals surface area contributed by atoms with Crippen molar-refractivity contribution in [2.24, 2.45) is 0 Å². The molecule has 2 aromatic carbocycles. The zero-order valence-electron chi connectivity index (χ0n) is 11.9.